The van der Waals surface area contributed by atoms with Crippen molar-refractivity contribution in [3.8, 4) is 5.75 Å². The molecule has 0 saturated carbocycles. The van der Waals surface area contributed by atoms with Gasteiger partial charge in [0.05, 0.1) is 12.6 Å². The molecule has 1 saturated heterocycles. The second-order valence-corrected chi connectivity index (χ2v) is 6.59. The van der Waals surface area contributed by atoms with Gasteiger partial charge in [-0.15, -0.1) is 0 Å². The highest BCUT2D eigenvalue weighted by Gasteiger charge is 2.25. The van der Waals surface area contributed by atoms with Gasteiger partial charge < -0.3 is 14.7 Å². The second kappa shape index (κ2) is 7.51. The van der Waals surface area contributed by atoms with E-state index in [1.807, 2.05) is 0 Å². The van der Waals surface area contributed by atoms with Crippen LogP contribution in [0.25, 0.3) is 0 Å². The predicted octanol–water partition coefficient (Wildman–Crippen LogP) is 1.92. The molecule has 118 valence electrons. The van der Waals surface area contributed by atoms with Crippen LogP contribution in [0.3, 0.4) is 0 Å². The Morgan fingerprint density at radius 2 is 2.05 bits per heavy atom. The van der Waals surface area contributed by atoms with E-state index < -0.39 is 23.5 Å². The summed E-state index contributed by atoms with van der Waals surface area (Å²) < 4.78 is 32.6. The smallest absolute Gasteiger partial charge is 0.190 e. The summed E-state index contributed by atoms with van der Waals surface area (Å²) >= 11 is 3.01. The minimum Gasteiger partial charge on any atom is -0.485 e. The highest BCUT2D eigenvalue weighted by atomic mass is 79.9. The quantitative estimate of drug-likeness (QED) is 0.836. The summed E-state index contributed by atoms with van der Waals surface area (Å²) in [6, 6.07) is 2.79. The Kier molecular flexibility index (Phi) is 5.96. The number of hydrogen-bond donors (Lipinski definition) is 2. The maximum Gasteiger partial charge on any atom is 0.190 e. The molecule has 0 aliphatic carbocycles. The topological polar surface area (TPSA) is 33.9 Å². The van der Waals surface area contributed by atoms with Crippen molar-refractivity contribution in [3.63, 3.8) is 0 Å². The molecule has 2 rings (SSSR count). The SMILES string of the molecule is C[C@@H]1CCCC[NH+]1C[C@H](O)COc1c(F)cc(Br)cc1F. The number of rotatable bonds is 5. The minimum absolute atomic E-state index is 0.105. The van der Waals surface area contributed by atoms with Crippen LogP contribution in [0.5, 0.6) is 5.75 Å². The molecule has 3 nitrogen and oxygen atoms in total. The second-order valence-electron chi connectivity index (χ2n) is 5.67. The molecule has 0 spiro atoms. The van der Waals surface area contributed by atoms with E-state index in [9.17, 15) is 13.9 Å². The molecule has 0 bridgehead atoms. The van der Waals surface area contributed by atoms with E-state index in [1.165, 1.54) is 11.3 Å². The fourth-order valence-electron chi connectivity index (χ4n) is 2.76. The lowest BCUT2D eigenvalue weighted by Gasteiger charge is -2.31. The van der Waals surface area contributed by atoms with Crippen LogP contribution in [0, 0.1) is 11.6 Å². The van der Waals surface area contributed by atoms with Gasteiger partial charge in [-0.2, -0.15) is 0 Å². The van der Waals surface area contributed by atoms with Gasteiger partial charge in [0.15, 0.2) is 17.4 Å². The van der Waals surface area contributed by atoms with Gasteiger partial charge >= 0.3 is 0 Å². The van der Waals surface area contributed by atoms with E-state index >= 15 is 0 Å². The molecule has 1 aromatic carbocycles. The van der Waals surface area contributed by atoms with Crippen LogP contribution in [0.2, 0.25) is 0 Å². The first-order chi connectivity index (χ1) is 9.97. The predicted molar refractivity (Wildman–Crippen MR) is 79.6 cm³/mol. The molecule has 0 amide bonds. The van der Waals surface area contributed by atoms with E-state index in [0.717, 1.165) is 31.5 Å². The standard InChI is InChI=1S/C15H20BrF2NO2/c1-10-4-2-3-5-19(10)8-12(20)9-21-15-13(17)6-11(16)7-14(15)18/h6-7,10,12,20H,2-5,8-9H2,1H3/p+1/t10-,12+/m1/s1. The Morgan fingerprint density at radius 1 is 1.38 bits per heavy atom. The van der Waals surface area contributed by atoms with E-state index in [-0.39, 0.29) is 6.61 Å². The lowest BCUT2D eigenvalue weighted by atomic mass is 10.0. The van der Waals surface area contributed by atoms with E-state index in [4.69, 9.17) is 4.74 Å². The normalized spacial score (nSPS) is 23.9. The third-order valence-corrected chi connectivity index (χ3v) is 4.42. The van der Waals surface area contributed by atoms with Gasteiger partial charge in [0, 0.05) is 4.47 Å². The third-order valence-electron chi connectivity index (χ3n) is 3.96. The fourth-order valence-corrected chi connectivity index (χ4v) is 3.17. The van der Waals surface area contributed by atoms with Crippen molar-refractivity contribution in [1.29, 1.82) is 0 Å². The Morgan fingerprint density at radius 3 is 2.67 bits per heavy atom. The van der Waals surface area contributed by atoms with Crippen LogP contribution in [0.4, 0.5) is 8.78 Å². The zero-order chi connectivity index (χ0) is 15.4. The van der Waals surface area contributed by atoms with Crippen molar-refractivity contribution in [1.82, 2.24) is 0 Å². The highest BCUT2D eigenvalue weighted by Crippen LogP contribution is 2.25. The molecule has 1 unspecified atom stereocenters. The maximum atomic E-state index is 13.6. The summed E-state index contributed by atoms with van der Waals surface area (Å²) in [5.41, 5.74) is 0. The average molecular weight is 365 g/mol. The van der Waals surface area contributed by atoms with Gasteiger partial charge in [-0.1, -0.05) is 15.9 Å². The van der Waals surface area contributed by atoms with Crippen molar-refractivity contribution in [3.05, 3.63) is 28.2 Å². The molecule has 1 fully saturated rings. The maximum absolute atomic E-state index is 13.6. The molecule has 1 aliphatic rings. The Bertz CT molecular complexity index is 464. The van der Waals surface area contributed by atoms with E-state index in [2.05, 4.69) is 22.9 Å². The van der Waals surface area contributed by atoms with E-state index in [1.54, 1.807) is 0 Å². The van der Waals surface area contributed by atoms with Crippen molar-refractivity contribution in [2.75, 3.05) is 19.7 Å². The summed E-state index contributed by atoms with van der Waals surface area (Å²) in [6.45, 7) is 3.63. The van der Waals surface area contributed by atoms with Crippen molar-refractivity contribution >= 4 is 15.9 Å². The Balaban J connectivity index is 1.88. The van der Waals surface area contributed by atoms with Crippen LogP contribution in [0.15, 0.2) is 16.6 Å². The number of aliphatic hydroxyl groups excluding tert-OH is 1. The van der Waals surface area contributed by atoms with Gasteiger partial charge in [-0.05, 0) is 38.3 Å². The van der Waals surface area contributed by atoms with Crippen molar-refractivity contribution < 1.29 is 23.5 Å². The first kappa shape index (κ1) is 16.6. The summed E-state index contributed by atoms with van der Waals surface area (Å²) in [5, 5.41) is 10.0. The first-order valence-corrected chi connectivity index (χ1v) is 8.06. The largest absolute Gasteiger partial charge is 0.485 e. The molecular formula is C15H21BrF2NO2+. The van der Waals surface area contributed by atoms with Gasteiger partial charge in [0.25, 0.3) is 0 Å². The number of hydrogen-bond acceptors (Lipinski definition) is 2. The van der Waals surface area contributed by atoms with Crippen LogP contribution in [0.1, 0.15) is 26.2 Å². The number of quaternary nitrogens is 1. The lowest BCUT2D eigenvalue weighted by Crippen LogP contribution is -3.17. The monoisotopic (exact) mass is 364 g/mol. The summed E-state index contributed by atoms with van der Waals surface area (Å²) in [6.07, 6.45) is 2.80. The molecule has 1 aromatic rings. The first-order valence-electron chi connectivity index (χ1n) is 7.27. The highest BCUT2D eigenvalue weighted by molar-refractivity contribution is 9.10. The fraction of sp³-hybridized carbons (Fsp3) is 0.600. The summed E-state index contributed by atoms with van der Waals surface area (Å²) in [4.78, 5) is 1.33. The number of piperidine rings is 1. The number of halogens is 3. The molecule has 2 N–H and O–H groups in total. The zero-order valence-electron chi connectivity index (χ0n) is 12.0. The zero-order valence-corrected chi connectivity index (χ0v) is 13.6. The molecular weight excluding hydrogens is 344 g/mol. The summed E-state index contributed by atoms with van der Waals surface area (Å²) in [7, 11) is 0. The van der Waals surface area contributed by atoms with E-state index in [0.29, 0.717) is 17.1 Å². The van der Waals surface area contributed by atoms with Crippen molar-refractivity contribution in [2.45, 2.75) is 38.3 Å². The average Bonchev–Trinajstić information content (AvgIpc) is 2.40. The van der Waals surface area contributed by atoms with Crippen LogP contribution in [-0.4, -0.2) is 36.9 Å². The van der Waals surface area contributed by atoms with Crippen molar-refractivity contribution in [2.24, 2.45) is 0 Å². The minimum atomic E-state index is -0.771. The van der Waals surface area contributed by atoms with Gasteiger partial charge in [-0.3, -0.25) is 0 Å². The molecule has 3 atom stereocenters. The van der Waals surface area contributed by atoms with Gasteiger partial charge in [0.2, 0.25) is 0 Å². The lowest BCUT2D eigenvalue weighted by molar-refractivity contribution is -0.931. The number of nitrogens with one attached hydrogen (secondary N) is 1. The molecule has 6 heteroatoms. The van der Waals surface area contributed by atoms with Gasteiger partial charge in [0.1, 0.15) is 19.3 Å². The number of benzene rings is 1. The number of likely N-dealkylation sites (tertiary alicyclic amines) is 1. The number of aliphatic hydroxyl groups is 1. The van der Waals surface area contributed by atoms with Crippen LogP contribution >= 0.6 is 15.9 Å². The Hall–Kier alpha value is -0.720. The Labute approximate surface area is 132 Å². The molecule has 1 heterocycles. The molecule has 0 radical (unpaired) electrons. The molecule has 21 heavy (non-hydrogen) atoms. The molecule has 1 aliphatic heterocycles. The van der Waals surface area contributed by atoms with Crippen LogP contribution in [-0.2, 0) is 0 Å². The third kappa shape index (κ3) is 4.63. The van der Waals surface area contributed by atoms with Gasteiger partial charge in [-0.25, -0.2) is 8.78 Å². The number of ether oxygens (including phenoxy) is 1. The summed E-state index contributed by atoms with van der Waals surface area (Å²) in [5.74, 6) is -1.97. The van der Waals surface area contributed by atoms with Crippen LogP contribution < -0.4 is 9.64 Å². The molecule has 0 aromatic heterocycles.